The quantitative estimate of drug-likeness (QED) is 0.379. The van der Waals surface area contributed by atoms with E-state index in [1.54, 1.807) is 12.2 Å². The van der Waals surface area contributed by atoms with E-state index in [1.165, 1.54) is 24.3 Å². The minimum Gasteiger partial charge on any atom is -0.454 e. The van der Waals surface area contributed by atoms with Gasteiger partial charge in [-0.05, 0) is 18.2 Å². The number of halogens is 1. The molecule has 26 heavy (non-hydrogen) atoms. The monoisotopic (exact) mass is 360 g/mol. The van der Waals surface area contributed by atoms with Crippen LogP contribution in [0, 0.1) is 15.9 Å². The van der Waals surface area contributed by atoms with Crippen molar-refractivity contribution in [3.63, 3.8) is 0 Å². The first-order valence-corrected chi connectivity index (χ1v) is 7.53. The predicted molar refractivity (Wildman–Crippen MR) is 88.0 cm³/mol. The van der Waals surface area contributed by atoms with Gasteiger partial charge in [0.05, 0.1) is 16.5 Å². The Kier molecular flexibility index (Phi) is 4.48. The van der Waals surface area contributed by atoms with Gasteiger partial charge in [-0.15, -0.1) is 0 Å². The summed E-state index contributed by atoms with van der Waals surface area (Å²) in [6, 6.07) is 4.46. The summed E-state index contributed by atoms with van der Waals surface area (Å²) in [5.74, 6) is -1.96. The molecule has 0 aliphatic heterocycles. The number of hydrogen-bond acceptors (Lipinski definition) is 7. The summed E-state index contributed by atoms with van der Waals surface area (Å²) in [6.45, 7) is 0. The van der Waals surface area contributed by atoms with Gasteiger partial charge in [-0.2, -0.15) is 4.98 Å². The molecule has 2 atom stereocenters. The minimum absolute atomic E-state index is 0.139. The van der Waals surface area contributed by atoms with Crippen LogP contribution in [0.2, 0.25) is 0 Å². The first-order valence-electron chi connectivity index (χ1n) is 7.53. The standard InChI is InChI=1S/C16H13FN4O5/c17-13-8-20(16(23)19-14(13)18)11-5-6-12(7-11)26-15(22)9-1-3-10(4-2-9)21(24)25/h1-6,8,11-12H,7H2,(H2,18,19,23)/t11-,12?/m0/s1. The number of allylic oxidation sites excluding steroid dienone is 1. The van der Waals surface area contributed by atoms with Gasteiger partial charge in [-0.25, -0.2) is 14.0 Å². The highest BCUT2D eigenvalue weighted by atomic mass is 19.1. The fraction of sp³-hybridized carbons (Fsp3) is 0.188. The summed E-state index contributed by atoms with van der Waals surface area (Å²) in [6.07, 6.45) is 3.74. The Bertz CT molecular complexity index is 954. The number of ether oxygens (including phenoxy) is 1. The number of non-ortho nitro benzene ring substituents is 1. The number of benzene rings is 1. The second-order valence-corrected chi connectivity index (χ2v) is 5.60. The zero-order valence-electron chi connectivity index (χ0n) is 13.2. The number of anilines is 1. The first kappa shape index (κ1) is 17.3. The fourth-order valence-corrected chi connectivity index (χ4v) is 2.56. The van der Waals surface area contributed by atoms with Crippen LogP contribution in [0.5, 0.6) is 0 Å². The van der Waals surface area contributed by atoms with E-state index in [4.69, 9.17) is 10.5 Å². The van der Waals surface area contributed by atoms with E-state index in [1.807, 2.05) is 0 Å². The molecule has 0 spiro atoms. The summed E-state index contributed by atoms with van der Waals surface area (Å²) >= 11 is 0. The van der Waals surface area contributed by atoms with Gasteiger partial charge in [0.15, 0.2) is 11.6 Å². The molecule has 9 nitrogen and oxygen atoms in total. The van der Waals surface area contributed by atoms with Crippen LogP contribution < -0.4 is 11.4 Å². The molecule has 0 radical (unpaired) electrons. The SMILES string of the molecule is Nc1nc(=O)n([C@H]2C=CC(OC(=O)c3ccc([N+](=O)[O-])cc3)C2)cc1F. The highest BCUT2D eigenvalue weighted by Crippen LogP contribution is 2.25. The lowest BCUT2D eigenvalue weighted by Crippen LogP contribution is -2.28. The van der Waals surface area contributed by atoms with Gasteiger partial charge in [0, 0.05) is 24.8 Å². The number of nitro groups is 1. The molecule has 10 heteroatoms. The predicted octanol–water partition coefficient (Wildman–Crippen LogP) is 1.60. The van der Waals surface area contributed by atoms with Crippen LogP contribution in [-0.4, -0.2) is 26.5 Å². The molecule has 134 valence electrons. The van der Waals surface area contributed by atoms with Crippen LogP contribution in [0.1, 0.15) is 22.8 Å². The topological polar surface area (TPSA) is 130 Å². The number of hydrogen-bond donors (Lipinski definition) is 1. The largest absolute Gasteiger partial charge is 0.454 e. The van der Waals surface area contributed by atoms with Crippen molar-refractivity contribution < 1.29 is 18.8 Å². The van der Waals surface area contributed by atoms with Crippen LogP contribution in [-0.2, 0) is 4.74 Å². The maximum atomic E-state index is 13.5. The summed E-state index contributed by atoms with van der Waals surface area (Å²) in [5.41, 5.74) is 4.56. The Morgan fingerprint density at radius 2 is 2.04 bits per heavy atom. The molecule has 2 aromatic rings. The third-order valence-electron chi connectivity index (χ3n) is 3.89. The molecular formula is C16H13FN4O5. The highest BCUT2D eigenvalue weighted by Gasteiger charge is 2.25. The maximum absolute atomic E-state index is 13.5. The molecule has 0 fully saturated rings. The fourth-order valence-electron chi connectivity index (χ4n) is 2.56. The van der Waals surface area contributed by atoms with Gasteiger partial charge < -0.3 is 10.5 Å². The molecule has 1 heterocycles. The highest BCUT2D eigenvalue weighted by molar-refractivity contribution is 5.89. The van der Waals surface area contributed by atoms with Crippen LogP contribution in [0.3, 0.4) is 0 Å². The van der Waals surface area contributed by atoms with Crippen molar-refractivity contribution in [1.82, 2.24) is 9.55 Å². The molecule has 0 amide bonds. The van der Waals surface area contributed by atoms with E-state index < -0.39 is 40.4 Å². The molecule has 0 bridgehead atoms. The molecule has 0 saturated carbocycles. The van der Waals surface area contributed by atoms with Crippen LogP contribution in [0.4, 0.5) is 15.9 Å². The van der Waals surface area contributed by atoms with Crippen molar-refractivity contribution >= 4 is 17.5 Å². The van der Waals surface area contributed by atoms with Gasteiger partial charge in [-0.1, -0.05) is 6.08 Å². The molecule has 2 N–H and O–H groups in total. The zero-order valence-corrected chi connectivity index (χ0v) is 13.2. The summed E-state index contributed by atoms with van der Waals surface area (Å²) in [5, 5.41) is 10.6. The van der Waals surface area contributed by atoms with Gasteiger partial charge in [0.1, 0.15) is 6.10 Å². The number of nitrogens with two attached hydrogens (primary N) is 1. The molecule has 1 aromatic carbocycles. The molecule has 1 aromatic heterocycles. The van der Waals surface area contributed by atoms with E-state index in [-0.39, 0.29) is 17.7 Å². The van der Waals surface area contributed by atoms with Crippen molar-refractivity contribution in [2.45, 2.75) is 18.6 Å². The van der Waals surface area contributed by atoms with Crippen molar-refractivity contribution in [2.75, 3.05) is 5.73 Å². The van der Waals surface area contributed by atoms with Crippen LogP contribution >= 0.6 is 0 Å². The lowest BCUT2D eigenvalue weighted by molar-refractivity contribution is -0.384. The number of carbonyl (C=O) groups excluding carboxylic acids is 1. The number of nitrogen functional groups attached to an aromatic ring is 1. The lowest BCUT2D eigenvalue weighted by Gasteiger charge is -2.15. The number of rotatable bonds is 4. The molecule has 0 saturated heterocycles. The average molecular weight is 360 g/mol. The van der Waals surface area contributed by atoms with Gasteiger partial charge in [0.2, 0.25) is 0 Å². The van der Waals surface area contributed by atoms with Gasteiger partial charge >= 0.3 is 11.7 Å². The van der Waals surface area contributed by atoms with E-state index >= 15 is 0 Å². The Hall–Kier alpha value is -3.56. The Morgan fingerprint density at radius 3 is 2.69 bits per heavy atom. The van der Waals surface area contributed by atoms with E-state index in [0.29, 0.717) is 0 Å². The van der Waals surface area contributed by atoms with Crippen LogP contribution in [0.15, 0.2) is 47.4 Å². The molecular weight excluding hydrogens is 347 g/mol. The third-order valence-corrected chi connectivity index (χ3v) is 3.89. The van der Waals surface area contributed by atoms with Crippen molar-refractivity contribution in [3.05, 3.63) is 74.6 Å². The molecule has 1 unspecified atom stereocenters. The Labute approximate surface area is 145 Å². The number of nitrogens with zero attached hydrogens (tertiary/aromatic N) is 3. The summed E-state index contributed by atoms with van der Waals surface area (Å²) < 4.78 is 19.9. The lowest BCUT2D eigenvalue weighted by atomic mass is 10.2. The normalized spacial score (nSPS) is 18.7. The van der Waals surface area contributed by atoms with Crippen molar-refractivity contribution in [1.29, 1.82) is 0 Å². The van der Waals surface area contributed by atoms with E-state index in [0.717, 1.165) is 10.8 Å². The van der Waals surface area contributed by atoms with Gasteiger partial charge in [-0.3, -0.25) is 14.7 Å². The first-order chi connectivity index (χ1) is 12.3. The van der Waals surface area contributed by atoms with Crippen molar-refractivity contribution in [2.24, 2.45) is 0 Å². The second-order valence-electron chi connectivity index (χ2n) is 5.60. The zero-order chi connectivity index (χ0) is 18.8. The molecule has 1 aliphatic rings. The molecule has 1 aliphatic carbocycles. The summed E-state index contributed by atoms with van der Waals surface area (Å²) in [4.78, 5) is 37.4. The average Bonchev–Trinajstić information content (AvgIpc) is 3.06. The third kappa shape index (κ3) is 3.43. The van der Waals surface area contributed by atoms with Gasteiger partial charge in [0.25, 0.3) is 5.69 Å². The van der Waals surface area contributed by atoms with E-state index in [2.05, 4.69) is 4.98 Å². The van der Waals surface area contributed by atoms with Crippen molar-refractivity contribution in [3.8, 4) is 0 Å². The number of esters is 1. The number of carbonyl (C=O) groups is 1. The number of nitro benzene ring substituents is 1. The van der Waals surface area contributed by atoms with Crippen LogP contribution in [0.25, 0.3) is 0 Å². The Morgan fingerprint density at radius 1 is 1.35 bits per heavy atom. The Balaban J connectivity index is 1.67. The minimum atomic E-state index is -0.815. The maximum Gasteiger partial charge on any atom is 0.350 e. The van der Waals surface area contributed by atoms with E-state index in [9.17, 15) is 24.1 Å². The smallest absolute Gasteiger partial charge is 0.350 e. The summed E-state index contributed by atoms with van der Waals surface area (Å²) in [7, 11) is 0. The second kappa shape index (κ2) is 6.75. The molecule has 3 rings (SSSR count). The number of aromatic nitrogens is 2.